The average Bonchev–Trinajstić information content (AvgIpc) is 3.00. The molecule has 114 valence electrons. The Bertz CT molecular complexity index is 639. The molecule has 1 saturated heterocycles. The van der Waals surface area contributed by atoms with Crippen molar-refractivity contribution in [3.63, 3.8) is 0 Å². The quantitative estimate of drug-likeness (QED) is 0.871. The number of carbonyl (C=O) groups excluding carboxylic acids is 1. The molecule has 0 spiro atoms. The fraction of sp³-hybridized carbons (Fsp3) is 0.714. The lowest BCUT2D eigenvalue weighted by atomic mass is 9.98. The summed E-state index contributed by atoms with van der Waals surface area (Å²) in [5.74, 6) is 2.11. The van der Waals surface area contributed by atoms with Gasteiger partial charge in [0.2, 0.25) is 10.9 Å². The number of carbonyl (C=O) groups is 1. The fourth-order valence-electron chi connectivity index (χ4n) is 2.77. The summed E-state index contributed by atoms with van der Waals surface area (Å²) >= 11 is 1.64. The van der Waals surface area contributed by atoms with Gasteiger partial charge in [-0.3, -0.25) is 4.79 Å². The zero-order valence-electron chi connectivity index (χ0n) is 12.7. The maximum absolute atomic E-state index is 11.4. The minimum atomic E-state index is 0.172. The Morgan fingerprint density at radius 2 is 2.05 bits per heavy atom. The Hall–Kier alpha value is -1.50. The molecule has 1 amide bonds. The molecule has 1 aliphatic heterocycles. The van der Waals surface area contributed by atoms with Gasteiger partial charge in [0.1, 0.15) is 5.01 Å². The molecule has 0 atom stereocenters. The molecule has 2 aromatic rings. The monoisotopic (exact) mass is 307 g/mol. The predicted molar refractivity (Wildman–Crippen MR) is 81.4 cm³/mol. The third kappa shape index (κ3) is 2.92. The molecule has 1 fully saturated rings. The van der Waals surface area contributed by atoms with Crippen LogP contribution in [0.1, 0.15) is 50.4 Å². The third-order valence-corrected chi connectivity index (χ3v) is 5.01. The molecule has 0 N–H and O–H groups in total. The van der Waals surface area contributed by atoms with Crippen LogP contribution in [0.25, 0.3) is 4.96 Å². The van der Waals surface area contributed by atoms with Gasteiger partial charge in [0.15, 0.2) is 5.82 Å². The van der Waals surface area contributed by atoms with Gasteiger partial charge in [-0.1, -0.05) is 25.2 Å². The van der Waals surface area contributed by atoms with E-state index >= 15 is 0 Å². The van der Waals surface area contributed by atoms with E-state index < -0.39 is 0 Å². The Morgan fingerprint density at radius 3 is 2.67 bits per heavy atom. The first-order valence-corrected chi connectivity index (χ1v) is 8.32. The lowest BCUT2D eigenvalue weighted by molar-refractivity contribution is -0.129. The van der Waals surface area contributed by atoms with Gasteiger partial charge < -0.3 is 4.90 Å². The summed E-state index contributed by atoms with van der Waals surface area (Å²) in [5, 5.41) is 14.3. The van der Waals surface area contributed by atoms with Crippen LogP contribution in [0.5, 0.6) is 0 Å². The van der Waals surface area contributed by atoms with E-state index in [-0.39, 0.29) is 5.91 Å². The number of likely N-dealkylation sites (tertiary alicyclic amines) is 1. The maximum atomic E-state index is 11.4. The van der Waals surface area contributed by atoms with Crippen molar-refractivity contribution in [3.05, 3.63) is 10.8 Å². The molecule has 0 aliphatic carbocycles. The van der Waals surface area contributed by atoms with Crippen LogP contribution in [0.2, 0.25) is 0 Å². The van der Waals surface area contributed by atoms with Gasteiger partial charge in [0.05, 0.1) is 0 Å². The van der Waals surface area contributed by atoms with Crippen LogP contribution in [0.3, 0.4) is 0 Å². The first kappa shape index (κ1) is 14.4. The van der Waals surface area contributed by atoms with Crippen LogP contribution in [0.15, 0.2) is 0 Å². The van der Waals surface area contributed by atoms with Gasteiger partial charge in [-0.2, -0.15) is 9.61 Å². The molecule has 0 saturated carbocycles. The van der Waals surface area contributed by atoms with E-state index in [4.69, 9.17) is 5.10 Å². The Balaban J connectivity index is 1.76. The summed E-state index contributed by atoms with van der Waals surface area (Å²) in [6, 6.07) is 0. The zero-order chi connectivity index (χ0) is 15.0. The molecule has 21 heavy (non-hydrogen) atoms. The van der Waals surface area contributed by atoms with Gasteiger partial charge in [0.25, 0.3) is 0 Å². The summed E-state index contributed by atoms with van der Waals surface area (Å²) in [6.07, 6.45) is 2.87. The molecule has 3 heterocycles. The first-order valence-electron chi connectivity index (χ1n) is 7.51. The molecule has 0 radical (unpaired) electrons. The van der Waals surface area contributed by atoms with Crippen molar-refractivity contribution in [1.29, 1.82) is 0 Å². The normalized spacial score (nSPS) is 17.0. The number of fused-ring (bicyclic) bond motifs is 1. The van der Waals surface area contributed by atoms with Gasteiger partial charge in [-0.15, -0.1) is 10.2 Å². The molecular weight excluding hydrogens is 286 g/mol. The largest absolute Gasteiger partial charge is 0.343 e. The number of hydrogen-bond acceptors (Lipinski definition) is 5. The number of aromatic nitrogens is 4. The molecule has 7 heteroatoms. The van der Waals surface area contributed by atoms with E-state index in [9.17, 15) is 4.79 Å². The van der Waals surface area contributed by atoms with E-state index in [0.29, 0.717) is 11.8 Å². The predicted octanol–water partition coefficient (Wildman–Crippen LogP) is 2.11. The molecule has 0 bridgehead atoms. The summed E-state index contributed by atoms with van der Waals surface area (Å²) in [7, 11) is 0. The Kier molecular flexibility index (Phi) is 3.93. The fourth-order valence-corrected chi connectivity index (χ4v) is 3.80. The van der Waals surface area contributed by atoms with E-state index in [0.717, 1.165) is 48.1 Å². The summed E-state index contributed by atoms with van der Waals surface area (Å²) in [6.45, 7) is 7.65. The van der Waals surface area contributed by atoms with Crippen LogP contribution in [0, 0.1) is 5.92 Å². The summed E-state index contributed by atoms with van der Waals surface area (Å²) in [4.78, 5) is 14.2. The second-order valence-electron chi connectivity index (χ2n) is 6.13. The minimum absolute atomic E-state index is 0.172. The molecule has 0 unspecified atom stereocenters. The summed E-state index contributed by atoms with van der Waals surface area (Å²) < 4.78 is 1.90. The maximum Gasteiger partial charge on any atom is 0.234 e. The number of rotatable bonds is 3. The number of hydrogen-bond donors (Lipinski definition) is 0. The Morgan fingerprint density at radius 1 is 1.33 bits per heavy atom. The van der Waals surface area contributed by atoms with Gasteiger partial charge in [-0.25, -0.2) is 0 Å². The van der Waals surface area contributed by atoms with Crippen molar-refractivity contribution in [1.82, 2.24) is 24.7 Å². The third-order valence-electron chi connectivity index (χ3n) is 3.95. The zero-order valence-corrected chi connectivity index (χ0v) is 13.6. The van der Waals surface area contributed by atoms with E-state index in [2.05, 4.69) is 24.0 Å². The van der Waals surface area contributed by atoms with Crippen LogP contribution in [-0.4, -0.2) is 43.7 Å². The second-order valence-corrected chi connectivity index (χ2v) is 7.12. The Labute approximate surface area is 128 Å². The molecule has 1 aliphatic rings. The minimum Gasteiger partial charge on any atom is -0.343 e. The van der Waals surface area contributed by atoms with Crippen LogP contribution >= 0.6 is 11.3 Å². The highest BCUT2D eigenvalue weighted by atomic mass is 32.1. The lowest BCUT2D eigenvalue weighted by Gasteiger charge is -2.29. The molecular formula is C14H21N5OS. The van der Waals surface area contributed by atoms with Crippen LogP contribution < -0.4 is 0 Å². The molecule has 3 rings (SSSR count). The van der Waals surface area contributed by atoms with Crippen molar-refractivity contribution in [2.24, 2.45) is 5.92 Å². The average molecular weight is 307 g/mol. The number of nitrogens with zero attached hydrogens (tertiary/aromatic N) is 5. The van der Waals surface area contributed by atoms with Crippen molar-refractivity contribution >= 4 is 22.2 Å². The van der Waals surface area contributed by atoms with Crippen molar-refractivity contribution in [2.75, 3.05) is 13.1 Å². The first-order chi connectivity index (χ1) is 10.0. The molecule has 0 aromatic carbocycles. The van der Waals surface area contributed by atoms with Crippen molar-refractivity contribution in [2.45, 2.75) is 46.0 Å². The van der Waals surface area contributed by atoms with Gasteiger partial charge in [-0.05, 0) is 18.8 Å². The highest BCUT2D eigenvalue weighted by Gasteiger charge is 2.25. The molecule has 6 nitrogen and oxygen atoms in total. The molecule has 2 aromatic heterocycles. The lowest BCUT2D eigenvalue weighted by Crippen LogP contribution is -2.36. The number of amides is 1. The highest BCUT2D eigenvalue weighted by Crippen LogP contribution is 2.31. The van der Waals surface area contributed by atoms with Crippen molar-refractivity contribution in [3.8, 4) is 0 Å². The van der Waals surface area contributed by atoms with E-state index in [1.807, 2.05) is 9.42 Å². The van der Waals surface area contributed by atoms with Crippen LogP contribution in [0.4, 0.5) is 0 Å². The standard InChI is InChI=1S/C14H21N5OS/c1-9(2)8-12-15-16-14-19(12)17-13(21-14)11-4-6-18(7-5-11)10(3)20/h9,11H,4-8H2,1-3H3. The van der Waals surface area contributed by atoms with E-state index in [1.54, 1.807) is 18.3 Å². The van der Waals surface area contributed by atoms with E-state index in [1.165, 1.54) is 0 Å². The van der Waals surface area contributed by atoms with Crippen molar-refractivity contribution < 1.29 is 4.79 Å². The second kappa shape index (κ2) is 5.71. The van der Waals surface area contributed by atoms with Gasteiger partial charge in [0, 0.05) is 32.4 Å². The highest BCUT2D eigenvalue weighted by molar-refractivity contribution is 7.16. The number of piperidine rings is 1. The van der Waals surface area contributed by atoms with Gasteiger partial charge >= 0.3 is 0 Å². The topological polar surface area (TPSA) is 63.4 Å². The summed E-state index contributed by atoms with van der Waals surface area (Å²) in [5.41, 5.74) is 0. The van der Waals surface area contributed by atoms with Crippen LogP contribution in [-0.2, 0) is 11.2 Å². The SMILES string of the molecule is CC(=O)N1CCC(c2nn3c(CC(C)C)nnc3s2)CC1. The smallest absolute Gasteiger partial charge is 0.234 e.